The van der Waals surface area contributed by atoms with Crippen LogP contribution < -0.4 is 5.32 Å². The van der Waals surface area contributed by atoms with Crippen molar-refractivity contribution in [2.45, 2.75) is 19.5 Å². The lowest BCUT2D eigenvalue weighted by Crippen LogP contribution is -2.24. The minimum Gasteiger partial charge on any atom is -0.468 e. The molecule has 0 fully saturated rings. The van der Waals surface area contributed by atoms with Gasteiger partial charge in [-0.05, 0) is 24.3 Å². The Morgan fingerprint density at radius 1 is 1.19 bits per heavy atom. The molecule has 3 aromatic rings. The molecule has 108 valence electrons. The molecule has 6 nitrogen and oxygen atoms in total. The Balaban J connectivity index is 1.58. The van der Waals surface area contributed by atoms with E-state index in [0.717, 1.165) is 17.9 Å². The summed E-state index contributed by atoms with van der Waals surface area (Å²) in [4.78, 5) is 1.64. The van der Waals surface area contributed by atoms with Crippen molar-refractivity contribution in [2.75, 3.05) is 6.54 Å². The van der Waals surface area contributed by atoms with Gasteiger partial charge in [-0.25, -0.2) is 0 Å². The van der Waals surface area contributed by atoms with Crippen molar-refractivity contribution in [1.82, 2.24) is 25.5 Å². The number of tetrazole rings is 1. The summed E-state index contributed by atoms with van der Waals surface area (Å²) in [6, 6.07) is 13.8. The van der Waals surface area contributed by atoms with E-state index < -0.39 is 0 Å². The summed E-state index contributed by atoms with van der Waals surface area (Å²) >= 11 is 0. The van der Waals surface area contributed by atoms with E-state index in [1.165, 1.54) is 0 Å². The predicted molar refractivity (Wildman–Crippen MR) is 78.4 cm³/mol. The summed E-state index contributed by atoms with van der Waals surface area (Å²) in [7, 11) is 0. The van der Waals surface area contributed by atoms with Crippen LogP contribution in [0.5, 0.6) is 0 Å². The van der Waals surface area contributed by atoms with Crippen molar-refractivity contribution in [3.63, 3.8) is 0 Å². The topological polar surface area (TPSA) is 68.8 Å². The van der Waals surface area contributed by atoms with E-state index in [9.17, 15) is 0 Å². The number of nitrogens with zero attached hydrogens (tertiary/aromatic N) is 4. The highest BCUT2D eigenvalue weighted by atomic mass is 16.3. The zero-order valence-corrected chi connectivity index (χ0v) is 11.8. The Labute approximate surface area is 122 Å². The highest BCUT2D eigenvalue weighted by Gasteiger charge is 2.10. The van der Waals surface area contributed by atoms with Gasteiger partial charge in [-0.3, -0.25) is 0 Å². The monoisotopic (exact) mass is 283 g/mol. The zero-order chi connectivity index (χ0) is 14.5. The molecule has 2 aromatic heterocycles. The smallest absolute Gasteiger partial charge is 0.204 e. The van der Waals surface area contributed by atoms with Crippen LogP contribution in [0.1, 0.15) is 18.7 Å². The Morgan fingerprint density at radius 2 is 2.05 bits per heavy atom. The van der Waals surface area contributed by atoms with Crippen LogP contribution in [0.3, 0.4) is 0 Å². The molecule has 0 spiro atoms. The normalized spacial score (nSPS) is 12.4. The first kappa shape index (κ1) is 13.5. The molecule has 0 saturated heterocycles. The lowest BCUT2D eigenvalue weighted by molar-refractivity contribution is 0.389. The Morgan fingerprint density at radius 3 is 2.81 bits per heavy atom. The van der Waals surface area contributed by atoms with Gasteiger partial charge in [-0.15, -0.1) is 10.2 Å². The summed E-state index contributed by atoms with van der Waals surface area (Å²) in [6.45, 7) is 3.48. The number of hydrogen-bond acceptors (Lipinski definition) is 5. The van der Waals surface area contributed by atoms with Crippen LogP contribution in [0.2, 0.25) is 0 Å². The molecule has 0 bridgehead atoms. The molecule has 1 N–H and O–H groups in total. The number of rotatable bonds is 6. The molecule has 0 aliphatic rings. The van der Waals surface area contributed by atoms with Gasteiger partial charge in [0.25, 0.3) is 0 Å². The molecule has 0 aliphatic heterocycles. The number of nitrogens with one attached hydrogen (secondary N) is 1. The summed E-state index contributed by atoms with van der Waals surface area (Å²) in [5.41, 5.74) is 0.972. The fourth-order valence-electron chi connectivity index (χ4n) is 2.01. The highest BCUT2D eigenvalue weighted by molar-refractivity contribution is 5.52. The van der Waals surface area contributed by atoms with E-state index in [0.29, 0.717) is 12.4 Å². The van der Waals surface area contributed by atoms with Gasteiger partial charge in [-0.2, -0.15) is 4.80 Å². The number of benzene rings is 1. The summed E-state index contributed by atoms with van der Waals surface area (Å²) in [5, 5.41) is 16.0. The summed E-state index contributed by atoms with van der Waals surface area (Å²) < 4.78 is 5.27. The van der Waals surface area contributed by atoms with Gasteiger partial charge in [0, 0.05) is 12.1 Å². The van der Waals surface area contributed by atoms with Gasteiger partial charge in [0.05, 0.1) is 18.8 Å². The minimum atomic E-state index is 0.116. The molecular formula is C15H17N5O. The summed E-state index contributed by atoms with van der Waals surface area (Å²) in [6.07, 6.45) is 1.67. The molecule has 0 radical (unpaired) electrons. The third-order valence-corrected chi connectivity index (χ3v) is 3.17. The molecule has 1 atom stereocenters. The third-order valence-electron chi connectivity index (χ3n) is 3.17. The Hall–Kier alpha value is -2.47. The summed E-state index contributed by atoms with van der Waals surface area (Å²) in [5.74, 6) is 1.56. The van der Waals surface area contributed by atoms with Gasteiger partial charge < -0.3 is 9.73 Å². The molecule has 1 aromatic carbocycles. The molecule has 2 heterocycles. The van der Waals surface area contributed by atoms with Gasteiger partial charge in [-0.1, -0.05) is 30.3 Å². The molecule has 0 aliphatic carbocycles. The van der Waals surface area contributed by atoms with Gasteiger partial charge in [0.1, 0.15) is 5.76 Å². The SMILES string of the molecule is CC(CNCc1ccco1)n1nnc(-c2ccccc2)n1. The van der Waals surface area contributed by atoms with Gasteiger partial charge >= 0.3 is 0 Å². The second-order valence-corrected chi connectivity index (χ2v) is 4.86. The maximum absolute atomic E-state index is 5.27. The lowest BCUT2D eigenvalue weighted by Gasteiger charge is -2.10. The average molecular weight is 283 g/mol. The third kappa shape index (κ3) is 3.35. The first-order valence-corrected chi connectivity index (χ1v) is 6.91. The van der Waals surface area contributed by atoms with Crippen LogP contribution in [0.25, 0.3) is 11.4 Å². The van der Waals surface area contributed by atoms with Crippen LogP contribution in [-0.4, -0.2) is 26.8 Å². The standard InChI is InChI=1S/C15H17N5O/c1-12(10-16-11-14-8-5-9-21-14)20-18-15(17-19-20)13-6-3-2-4-7-13/h2-9,12,16H,10-11H2,1H3. The minimum absolute atomic E-state index is 0.116. The molecular weight excluding hydrogens is 266 g/mol. The van der Waals surface area contributed by atoms with Crippen molar-refractivity contribution in [3.8, 4) is 11.4 Å². The van der Waals surface area contributed by atoms with E-state index >= 15 is 0 Å². The van der Waals surface area contributed by atoms with Gasteiger partial charge in [0.2, 0.25) is 5.82 Å². The van der Waals surface area contributed by atoms with Crippen LogP contribution in [0, 0.1) is 0 Å². The predicted octanol–water partition coefficient (Wildman–Crippen LogP) is 2.28. The quantitative estimate of drug-likeness (QED) is 0.751. The second-order valence-electron chi connectivity index (χ2n) is 4.86. The molecule has 3 rings (SSSR count). The molecule has 21 heavy (non-hydrogen) atoms. The Bertz CT molecular complexity index is 662. The van der Waals surface area contributed by atoms with Crippen LogP contribution in [0.4, 0.5) is 0 Å². The van der Waals surface area contributed by atoms with Crippen LogP contribution in [-0.2, 0) is 6.54 Å². The van der Waals surface area contributed by atoms with Crippen LogP contribution >= 0.6 is 0 Å². The van der Waals surface area contributed by atoms with E-state index in [1.54, 1.807) is 11.1 Å². The lowest BCUT2D eigenvalue weighted by atomic mass is 10.2. The second kappa shape index (κ2) is 6.32. The highest BCUT2D eigenvalue weighted by Crippen LogP contribution is 2.13. The maximum atomic E-state index is 5.27. The van der Waals surface area contributed by atoms with E-state index in [4.69, 9.17) is 4.42 Å². The number of furan rings is 1. The molecule has 1 unspecified atom stereocenters. The zero-order valence-electron chi connectivity index (χ0n) is 11.8. The fourth-order valence-corrected chi connectivity index (χ4v) is 2.01. The van der Waals surface area contributed by atoms with E-state index in [-0.39, 0.29) is 6.04 Å². The average Bonchev–Trinajstić information content (AvgIpc) is 3.20. The molecule has 6 heteroatoms. The van der Waals surface area contributed by atoms with E-state index in [1.807, 2.05) is 49.4 Å². The largest absolute Gasteiger partial charge is 0.468 e. The molecule has 0 amide bonds. The van der Waals surface area contributed by atoms with Crippen molar-refractivity contribution in [2.24, 2.45) is 0 Å². The number of hydrogen-bond donors (Lipinski definition) is 1. The first-order chi connectivity index (χ1) is 10.3. The molecule has 0 saturated carbocycles. The van der Waals surface area contributed by atoms with E-state index in [2.05, 4.69) is 20.7 Å². The van der Waals surface area contributed by atoms with Gasteiger partial charge in [0.15, 0.2) is 0 Å². The Kier molecular flexibility index (Phi) is 4.07. The van der Waals surface area contributed by atoms with Crippen LogP contribution in [0.15, 0.2) is 53.1 Å². The maximum Gasteiger partial charge on any atom is 0.204 e. The van der Waals surface area contributed by atoms with Crippen molar-refractivity contribution >= 4 is 0 Å². The van der Waals surface area contributed by atoms with Crippen molar-refractivity contribution in [3.05, 3.63) is 54.5 Å². The first-order valence-electron chi connectivity index (χ1n) is 6.91. The van der Waals surface area contributed by atoms with Crippen molar-refractivity contribution < 1.29 is 4.42 Å². The fraction of sp³-hybridized carbons (Fsp3) is 0.267. The van der Waals surface area contributed by atoms with Crippen molar-refractivity contribution in [1.29, 1.82) is 0 Å². The number of aromatic nitrogens is 4.